The smallest absolute Gasteiger partial charge is 0.336 e. The monoisotopic (exact) mass is 396 g/mol. The van der Waals surface area contributed by atoms with Crippen LogP contribution in [0, 0.1) is 11.7 Å². The van der Waals surface area contributed by atoms with Gasteiger partial charge in [-0.3, -0.25) is 14.5 Å². The van der Waals surface area contributed by atoms with Crippen molar-refractivity contribution >= 4 is 29.2 Å². The first kappa shape index (κ1) is 20.3. The van der Waals surface area contributed by atoms with Gasteiger partial charge in [0.1, 0.15) is 5.82 Å². The maximum Gasteiger partial charge on any atom is 0.336 e. The Morgan fingerprint density at radius 2 is 1.79 bits per heavy atom. The van der Waals surface area contributed by atoms with Crippen LogP contribution in [0.15, 0.2) is 65.9 Å². The number of anilines is 2. The molecule has 0 bridgehead atoms. The number of nitrogens with zero attached hydrogens (tertiary/aromatic N) is 1. The standard InChI is InChI=1S/C22H21FN2O4/c1-3-29-22(28)20-14(2)25(17-7-5-4-6-8-17)19(26)13-18(20)21(27)24-16-11-9-15(23)10-12-16/h4-12,18H,3,13H2,1-2H3,(H,24,27). The Bertz CT molecular complexity index is 955. The average Bonchev–Trinajstić information content (AvgIpc) is 2.70. The van der Waals surface area contributed by atoms with Crippen LogP contribution in [0.5, 0.6) is 0 Å². The van der Waals surface area contributed by atoms with Crippen molar-refractivity contribution in [2.45, 2.75) is 20.3 Å². The summed E-state index contributed by atoms with van der Waals surface area (Å²) in [7, 11) is 0. The lowest BCUT2D eigenvalue weighted by molar-refractivity contribution is -0.141. The molecule has 0 aromatic heterocycles. The number of halogens is 1. The molecular formula is C22H21FN2O4. The lowest BCUT2D eigenvalue weighted by Gasteiger charge is -2.33. The third kappa shape index (κ3) is 4.34. The number of nitrogens with one attached hydrogen (secondary N) is 1. The van der Waals surface area contributed by atoms with E-state index in [1.54, 1.807) is 38.1 Å². The van der Waals surface area contributed by atoms with Gasteiger partial charge in [0.2, 0.25) is 11.8 Å². The Hall–Kier alpha value is -3.48. The summed E-state index contributed by atoms with van der Waals surface area (Å²) in [5.41, 5.74) is 1.46. The Balaban J connectivity index is 1.98. The number of para-hydroxylation sites is 1. The maximum absolute atomic E-state index is 13.1. The second-order valence-corrected chi connectivity index (χ2v) is 6.54. The number of esters is 1. The molecule has 29 heavy (non-hydrogen) atoms. The van der Waals surface area contributed by atoms with Crippen LogP contribution in [0.1, 0.15) is 20.3 Å². The van der Waals surface area contributed by atoms with E-state index in [-0.39, 0.29) is 24.5 Å². The van der Waals surface area contributed by atoms with Gasteiger partial charge in [0.05, 0.1) is 18.1 Å². The van der Waals surface area contributed by atoms with Crippen LogP contribution in [0.4, 0.5) is 15.8 Å². The molecule has 1 N–H and O–H groups in total. The largest absolute Gasteiger partial charge is 0.463 e. The molecule has 1 heterocycles. The molecule has 1 unspecified atom stereocenters. The predicted molar refractivity (Wildman–Crippen MR) is 106 cm³/mol. The Morgan fingerprint density at radius 3 is 2.41 bits per heavy atom. The summed E-state index contributed by atoms with van der Waals surface area (Å²) in [5, 5.41) is 2.64. The number of amides is 2. The molecule has 0 fully saturated rings. The summed E-state index contributed by atoms with van der Waals surface area (Å²) in [6.07, 6.45) is -0.187. The van der Waals surface area contributed by atoms with Gasteiger partial charge in [-0.05, 0) is 50.2 Å². The van der Waals surface area contributed by atoms with Crippen molar-refractivity contribution in [3.63, 3.8) is 0 Å². The molecule has 0 aliphatic carbocycles. The summed E-state index contributed by atoms with van der Waals surface area (Å²) < 4.78 is 18.3. The zero-order valence-electron chi connectivity index (χ0n) is 16.1. The fourth-order valence-corrected chi connectivity index (χ4v) is 3.33. The number of rotatable bonds is 5. The van der Waals surface area contributed by atoms with Crippen LogP contribution >= 0.6 is 0 Å². The minimum atomic E-state index is -1.01. The fourth-order valence-electron chi connectivity index (χ4n) is 3.33. The first-order valence-electron chi connectivity index (χ1n) is 9.24. The van der Waals surface area contributed by atoms with Gasteiger partial charge < -0.3 is 10.1 Å². The minimum absolute atomic E-state index is 0.134. The van der Waals surface area contributed by atoms with Crippen molar-refractivity contribution < 1.29 is 23.5 Å². The van der Waals surface area contributed by atoms with Crippen molar-refractivity contribution in [1.82, 2.24) is 0 Å². The number of ether oxygens (including phenoxy) is 1. The van der Waals surface area contributed by atoms with E-state index >= 15 is 0 Å². The van der Waals surface area contributed by atoms with E-state index < -0.39 is 23.6 Å². The van der Waals surface area contributed by atoms with Crippen LogP contribution in [-0.2, 0) is 19.1 Å². The van der Waals surface area contributed by atoms with Gasteiger partial charge >= 0.3 is 5.97 Å². The normalized spacial score (nSPS) is 16.6. The lowest BCUT2D eigenvalue weighted by atomic mass is 9.88. The van der Waals surface area contributed by atoms with Gasteiger partial charge in [0.15, 0.2) is 0 Å². The highest BCUT2D eigenvalue weighted by molar-refractivity contribution is 6.10. The zero-order chi connectivity index (χ0) is 21.0. The molecule has 7 heteroatoms. The van der Waals surface area contributed by atoms with E-state index in [0.29, 0.717) is 17.1 Å². The quantitative estimate of drug-likeness (QED) is 0.783. The number of benzene rings is 2. The van der Waals surface area contributed by atoms with Gasteiger partial charge in [0.25, 0.3) is 0 Å². The van der Waals surface area contributed by atoms with Crippen LogP contribution in [-0.4, -0.2) is 24.4 Å². The van der Waals surface area contributed by atoms with E-state index in [4.69, 9.17) is 4.74 Å². The number of carbonyl (C=O) groups excluding carboxylic acids is 3. The first-order valence-corrected chi connectivity index (χ1v) is 9.24. The number of hydrogen-bond donors (Lipinski definition) is 1. The second kappa shape index (κ2) is 8.68. The van der Waals surface area contributed by atoms with Crippen molar-refractivity contribution in [3.05, 3.63) is 71.7 Å². The van der Waals surface area contributed by atoms with E-state index in [1.807, 2.05) is 6.07 Å². The third-order valence-electron chi connectivity index (χ3n) is 4.64. The maximum atomic E-state index is 13.1. The second-order valence-electron chi connectivity index (χ2n) is 6.54. The molecule has 6 nitrogen and oxygen atoms in total. The van der Waals surface area contributed by atoms with E-state index in [2.05, 4.69) is 5.32 Å². The van der Waals surface area contributed by atoms with Crippen molar-refractivity contribution in [3.8, 4) is 0 Å². The summed E-state index contributed by atoms with van der Waals surface area (Å²) in [6, 6.07) is 14.1. The van der Waals surface area contributed by atoms with Gasteiger partial charge in [-0.2, -0.15) is 0 Å². The van der Waals surface area contributed by atoms with Gasteiger partial charge in [-0.15, -0.1) is 0 Å². The summed E-state index contributed by atoms with van der Waals surface area (Å²) in [4.78, 5) is 39.8. The Kier molecular flexibility index (Phi) is 6.07. The molecule has 2 aromatic rings. The first-order chi connectivity index (χ1) is 13.9. The Labute approximate surface area is 168 Å². The molecule has 150 valence electrons. The molecular weight excluding hydrogens is 375 g/mol. The number of allylic oxidation sites excluding steroid dienone is 1. The molecule has 1 atom stereocenters. The fraction of sp³-hybridized carbons (Fsp3) is 0.227. The highest BCUT2D eigenvalue weighted by atomic mass is 19.1. The SMILES string of the molecule is CCOC(=O)C1=C(C)N(c2ccccc2)C(=O)CC1C(=O)Nc1ccc(F)cc1. The van der Waals surface area contributed by atoms with Gasteiger partial charge in [-0.1, -0.05) is 18.2 Å². The average molecular weight is 396 g/mol. The van der Waals surface area contributed by atoms with Crippen LogP contribution in [0.25, 0.3) is 0 Å². The highest BCUT2D eigenvalue weighted by Crippen LogP contribution is 2.34. The summed E-state index contributed by atoms with van der Waals surface area (Å²) in [5.74, 6) is -2.91. The minimum Gasteiger partial charge on any atom is -0.463 e. The van der Waals surface area contributed by atoms with Crippen LogP contribution in [0.3, 0.4) is 0 Å². The van der Waals surface area contributed by atoms with Crippen LogP contribution in [0.2, 0.25) is 0 Å². The molecule has 0 saturated heterocycles. The third-order valence-corrected chi connectivity index (χ3v) is 4.64. The molecule has 2 aromatic carbocycles. The molecule has 2 amide bonds. The van der Waals surface area contributed by atoms with Gasteiger partial charge in [0, 0.05) is 23.5 Å². The van der Waals surface area contributed by atoms with Crippen molar-refractivity contribution in [1.29, 1.82) is 0 Å². The highest BCUT2D eigenvalue weighted by Gasteiger charge is 2.40. The topological polar surface area (TPSA) is 75.7 Å². The Morgan fingerprint density at radius 1 is 1.14 bits per heavy atom. The molecule has 1 aliphatic rings. The van der Waals surface area contributed by atoms with Crippen molar-refractivity contribution in [2.24, 2.45) is 5.92 Å². The van der Waals surface area contributed by atoms with E-state index in [0.717, 1.165) is 0 Å². The summed E-state index contributed by atoms with van der Waals surface area (Å²) in [6.45, 7) is 3.43. The van der Waals surface area contributed by atoms with E-state index in [9.17, 15) is 18.8 Å². The van der Waals surface area contributed by atoms with E-state index in [1.165, 1.54) is 29.2 Å². The molecule has 0 saturated carbocycles. The molecule has 1 aliphatic heterocycles. The predicted octanol–water partition coefficient (Wildman–Crippen LogP) is 3.65. The summed E-state index contributed by atoms with van der Waals surface area (Å²) >= 11 is 0. The number of hydrogen-bond acceptors (Lipinski definition) is 4. The lowest BCUT2D eigenvalue weighted by Crippen LogP contribution is -2.43. The van der Waals surface area contributed by atoms with Gasteiger partial charge in [-0.25, -0.2) is 9.18 Å². The molecule has 3 rings (SSSR count). The molecule has 0 radical (unpaired) electrons. The van der Waals surface area contributed by atoms with Crippen molar-refractivity contribution in [2.75, 3.05) is 16.8 Å². The molecule has 0 spiro atoms. The number of carbonyl (C=O) groups is 3. The van der Waals surface area contributed by atoms with Crippen LogP contribution < -0.4 is 10.2 Å². The zero-order valence-corrected chi connectivity index (χ0v) is 16.1.